The minimum absolute atomic E-state index is 0.180. The number of anilines is 1. The zero-order chi connectivity index (χ0) is 26.8. The van der Waals surface area contributed by atoms with Gasteiger partial charge in [-0.25, -0.2) is 4.39 Å². The third-order valence-corrected chi connectivity index (χ3v) is 7.46. The average molecular weight is 548 g/mol. The molecule has 5 rings (SSSR count). The summed E-state index contributed by atoms with van der Waals surface area (Å²) in [4.78, 5) is 19.4. The number of carbonyl (C=O) groups is 1. The highest BCUT2D eigenvalue weighted by molar-refractivity contribution is 7.80. The molecule has 0 bridgehead atoms. The van der Waals surface area contributed by atoms with Crippen LogP contribution in [0.15, 0.2) is 79.0 Å². The van der Waals surface area contributed by atoms with E-state index in [1.807, 2.05) is 42.5 Å². The van der Waals surface area contributed by atoms with Crippen LogP contribution in [0.25, 0.3) is 5.69 Å². The van der Waals surface area contributed by atoms with E-state index in [2.05, 4.69) is 45.0 Å². The van der Waals surface area contributed by atoms with E-state index in [0.29, 0.717) is 22.4 Å². The maximum absolute atomic E-state index is 13.2. The van der Waals surface area contributed by atoms with Crippen molar-refractivity contribution in [2.75, 3.05) is 11.9 Å². The molecule has 194 valence electrons. The molecule has 1 aliphatic heterocycles. The van der Waals surface area contributed by atoms with Crippen molar-refractivity contribution in [1.82, 2.24) is 19.8 Å². The first-order chi connectivity index (χ1) is 18.3. The summed E-state index contributed by atoms with van der Waals surface area (Å²) in [5.41, 5.74) is 5.46. The molecule has 2 aromatic carbocycles. The number of amides is 1. The molecule has 1 amide bonds. The molecule has 3 heterocycles. The lowest BCUT2D eigenvalue weighted by Crippen LogP contribution is -2.32. The largest absolute Gasteiger partial charge is 0.352 e. The van der Waals surface area contributed by atoms with Crippen LogP contribution < -0.4 is 10.6 Å². The lowest BCUT2D eigenvalue weighted by Gasteiger charge is -2.28. The molecule has 0 unspecified atom stereocenters. The number of para-hydroxylation sites is 1. The van der Waals surface area contributed by atoms with Crippen molar-refractivity contribution in [1.29, 1.82) is 0 Å². The number of hydrogen-bond donors (Lipinski definition) is 2. The Morgan fingerprint density at radius 1 is 1.11 bits per heavy atom. The predicted molar refractivity (Wildman–Crippen MR) is 152 cm³/mol. The van der Waals surface area contributed by atoms with Crippen LogP contribution in [0.4, 0.5) is 10.1 Å². The molecule has 0 spiro atoms. The number of aryl methyl sites for hydroxylation is 1. The second kappa shape index (κ2) is 10.9. The molecular weight excluding hydrogens is 521 g/mol. The molecule has 9 heteroatoms. The van der Waals surface area contributed by atoms with Crippen molar-refractivity contribution in [3.05, 3.63) is 112 Å². The molecule has 0 saturated carbocycles. The Bertz CT molecular complexity index is 1470. The zero-order valence-corrected chi connectivity index (χ0v) is 22.6. The first-order valence-corrected chi connectivity index (χ1v) is 13.1. The highest BCUT2D eigenvalue weighted by atomic mass is 35.5. The SMILES string of the molecule is Cc1cc([C@@H]2[C@@H](c3ccccn3)NC(=S)N2CCC(=O)Nc2ccc(F)cc2)c(C)n1-c1ccccc1Cl. The highest BCUT2D eigenvalue weighted by Gasteiger charge is 2.41. The molecule has 38 heavy (non-hydrogen) atoms. The number of halogens is 2. The molecule has 2 N–H and O–H groups in total. The Balaban J connectivity index is 1.47. The molecule has 0 radical (unpaired) electrons. The second-order valence-electron chi connectivity index (χ2n) is 9.24. The number of carbonyl (C=O) groups excluding carboxylic acids is 1. The Morgan fingerprint density at radius 2 is 1.84 bits per heavy atom. The van der Waals surface area contributed by atoms with Crippen molar-refractivity contribution >= 4 is 40.5 Å². The summed E-state index contributed by atoms with van der Waals surface area (Å²) in [7, 11) is 0. The quantitative estimate of drug-likeness (QED) is 0.267. The number of pyridine rings is 1. The number of nitrogens with one attached hydrogen (secondary N) is 2. The molecule has 1 fully saturated rings. The highest BCUT2D eigenvalue weighted by Crippen LogP contribution is 2.41. The lowest BCUT2D eigenvalue weighted by molar-refractivity contribution is -0.116. The number of hydrogen-bond acceptors (Lipinski definition) is 3. The van der Waals surface area contributed by atoms with Crippen molar-refractivity contribution in [3.63, 3.8) is 0 Å². The van der Waals surface area contributed by atoms with Gasteiger partial charge in [-0.3, -0.25) is 9.78 Å². The summed E-state index contributed by atoms with van der Waals surface area (Å²) in [6.45, 7) is 4.52. The first-order valence-electron chi connectivity index (χ1n) is 12.3. The van der Waals surface area contributed by atoms with Gasteiger partial charge in [0, 0.05) is 36.2 Å². The molecule has 2 aromatic heterocycles. The second-order valence-corrected chi connectivity index (χ2v) is 10.0. The predicted octanol–water partition coefficient (Wildman–Crippen LogP) is 6.28. The Morgan fingerprint density at radius 3 is 2.55 bits per heavy atom. The number of thiocarbonyl (C=S) groups is 1. The monoisotopic (exact) mass is 547 g/mol. The van der Waals surface area contributed by atoms with Gasteiger partial charge in [-0.15, -0.1) is 0 Å². The van der Waals surface area contributed by atoms with E-state index in [9.17, 15) is 9.18 Å². The number of benzene rings is 2. The van der Waals surface area contributed by atoms with Crippen LogP contribution >= 0.6 is 23.8 Å². The zero-order valence-electron chi connectivity index (χ0n) is 21.0. The Hall–Kier alpha value is -3.75. The maximum atomic E-state index is 13.2. The summed E-state index contributed by atoms with van der Waals surface area (Å²) in [5.74, 6) is -0.532. The molecule has 1 aliphatic rings. The summed E-state index contributed by atoms with van der Waals surface area (Å²) < 4.78 is 15.4. The van der Waals surface area contributed by atoms with Crippen LogP contribution in [-0.2, 0) is 4.79 Å². The molecule has 6 nitrogen and oxygen atoms in total. The van der Waals surface area contributed by atoms with Crippen LogP contribution in [-0.4, -0.2) is 32.0 Å². The van der Waals surface area contributed by atoms with Gasteiger partial charge < -0.3 is 20.1 Å². The van der Waals surface area contributed by atoms with Crippen molar-refractivity contribution < 1.29 is 9.18 Å². The van der Waals surface area contributed by atoms with E-state index < -0.39 is 0 Å². The van der Waals surface area contributed by atoms with Crippen LogP contribution in [0.2, 0.25) is 5.02 Å². The number of aromatic nitrogens is 2. The van der Waals surface area contributed by atoms with Gasteiger partial charge in [0.25, 0.3) is 0 Å². The summed E-state index contributed by atoms with van der Waals surface area (Å²) in [6, 6.07) is 21.0. The molecule has 4 aromatic rings. The number of nitrogens with zero attached hydrogens (tertiary/aromatic N) is 3. The first kappa shape index (κ1) is 25.9. The minimum Gasteiger partial charge on any atom is -0.352 e. The van der Waals surface area contributed by atoms with Crippen molar-refractivity contribution in [3.8, 4) is 5.69 Å². The Labute approximate surface area is 231 Å². The van der Waals surface area contributed by atoms with E-state index in [1.165, 1.54) is 12.1 Å². The van der Waals surface area contributed by atoms with E-state index in [0.717, 1.165) is 28.3 Å². The number of rotatable bonds is 7. The molecular formula is C29H27ClFN5OS. The summed E-state index contributed by atoms with van der Waals surface area (Å²) in [5, 5.41) is 7.49. The normalized spacial score (nSPS) is 16.9. The standard InChI is InChI=1S/C29H27ClFN5OS/c1-18-17-22(19(2)36(18)25-9-4-3-7-23(25)30)28-27(24-8-5-6-15-32-24)34-29(38)35(28)16-14-26(37)33-21-12-10-20(31)11-13-21/h3-13,15,17,27-28H,14,16H2,1-2H3,(H,33,37)(H,34,38)/t27-,28-/m1/s1. The molecule has 1 saturated heterocycles. The van der Waals surface area contributed by atoms with Crippen LogP contribution in [0.5, 0.6) is 0 Å². The smallest absolute Gasteiger partial charge is 0.226 e. The van der Waals surface area contributed by atoms with Gasteiger partial charge >= 0.3 is 0 Å². The van der Waals surface area contributed by atoms with Crippen molar-refractivity contribution in [2.24, 2.45) is 0 Å². The fourth-order valence-corrected chi connectivity index (χ4v) is 5.61. The van der Waals surface area contributed by atoms with Gasteiger partial charge in [0.15, 0.2) is 5.11 Å². The van der Waals surface area contributed by atoms with E-state index in [1.54, 1.807) is 18.3 Å². The Kier molecular flexibility index (Phi) is 7.44. The van der Waals surface area contributed by atoms with Gasteiger partial charge in [-0.05, 0) is 86.2 Å². The van der Waals surface area contributed by atoms with E-state index >= 15 is 0 Å². The molecule has 2 atom stereocenters. The van der Waals surface area contributed by atoms with Gasteiger partial charge in [0.2, 0.25) is 5.91 Å². The van der Waals surface area contributed by atoms with Gasteiger partial charge in [-0.2, -0.15) is 0 Å². The van der Waals surface area contributed by atoms with E-state index in [-0.39, 0.29) is 30.2 Å². The fourth-order valence-electron chi connectivity index (χ4n) is 5.05. The summed E-state index contributed by atoms with van der Waals surface area (Å²) >= 11 is 12.3. The van der Waals surface area contributed by atoms with Crippen molar-refractivity contribution in [2.45, 2.75) is 32.4 Å². The van der Waals surface area contributed by atoms with Gasteiger partial charge in [0.1, 0.15) is 5.82 Å². The van der Waals surface area contributed by atoms with Gasteiger partial charge in [0.05, 0.1) is 28.5 Å². The average Bonchev–Trinajstić information content (AvgIpc) is 3.39. The minimum atomic E-state index is -0.353. The topological polar surface area (TPSA) is 62.2 Å². The third-order valence-electron chi connectivity index (χ3n) is 6.79. The molecule has 0 aliphatic carbocycles. The van der Waals surface area contributed by atoms with Crippen LogP contribution in [0, 0.1) is 19.7 Å². The maximum Gasteiger partial charge on any atom is 0.226 e. The van der Waals surface area contributed by atoms with Crippen LogP contribution in [0.1, 0.15) is 41.1 Å². The summed E-state index contributed by atoms with van der Waals surface area (Å²) in [6.07, 6.45) is 1.97. The lowest BCUT2D eigenvalue weighted by atomic mass is 9.96. The third kappa shape index (κ3) is 5.14. The fraction of sp³-hybridized carbons (Fsp3) is 0.207. The van der Waals surface area contributed by atoms with Crippen LogP contribution in [0.3, 0.4) is 0 Å². The van der Waals surface area contributed by atoms with Gasteiger partial charge in [-0.1, -0.05) is 29.8 Å². The van der Waals surface area contributed by atoms with E-state index in [4.69, 9.17) is 23.8 Å².